The number of fused-ring (bicyclic) bond motifs is 1. The summed E-state index contributed by atoms with van der Waals surface area (Å²) < 4.78 is 12.8. The lowest BCUT2D eigenvalue weighted by Crippen LogP contribution is -2.47. The fraction of sp³-hybridized carbons (Fsp3) is 0.789. The summed E-state index contributed by atoms with van der Waals surface area (Å²) in [6.45, 7) is 6.76. The molecule has 0 aromatic carbocycles. The Morgan fingerprint density at radius 1 is 1.12 bits per heavy atom. The van der Waals surface area contributed by atoms with Gasteiger partial charge in [-0.25, -0.2) is 0 Å². The maximum atomic E-state index is 12.9. The molecule has 144 valence electrons. The van der Waals surface area contributed by atoms with E-state index < -0.39 is 0 Å². The molecule has 3 aliphatic heterocycles. The number of ether oxygens (including phenoxy) is 2. The van der Waals surface area contributed by atoms with Gasteiger partial charge in [0.2, 0.25) is 5.91 Å². The molecule has 1 atom stereocenters. The quantitative estimate of drug-likeness (QED) is 0.853. The fourth-order valence-electron chi connectivity index (χ4n) is 4.30. The molecular formula is C19H30N4O3. The molecule has 4 rings (SSSR count). The summed E-state index contributed by atoms with van der Waals surface area (Å²) >= 11 is 0. The van der Waals surface area contributed by atoms with Gasteiger partial charge in [-0.1, -0.05) is 0 Å². The first-order chi connectivity index (χ1) is 12.8. The molecule has 0 unspecified atom stereocenters. The third-order valence-electron chi connectivity index (χ3n) is 5.93. The predicted molar refractivity (Wildman–Crippen MR) is 96.6 cm³/mol. The minimum absolute atomic E-state index is 0.0955. The Hall–Kier alpha value is -1.44. The number of hydrogen-bond donors (Lipinski definition) is 1. The third-order valence-corrected chi connectivity index (χ3v) is 5.93. The van der Waals surface area contributed by atoms with E-state index in [9.17, 15) is 4.79 Å². The van der Waals surface area contributed by atoms with Gasteiger partial charge in [0, 0.05) is 58.8 Å². The Morgan fingerprint density at radius 3 is 2.54 bits per heavy atom. The SMILES string of the molecule is O=C(NCC1CCOCC1)[C@@H]1CN(CC2CCOCC2)Cc2ccnn21. The van der Waals surface area contributed by atoms with Crippen LogP contribution in [0.1, 0.15) is 37.4 Å². The zero-order valence-electron chi connectivity index (χ0n) is 15.4. The molecule has 0 aliphatic carbocycles. The van der Waals surface area contributed by atoms with Gasteiger partial charge in [-0.15, -0.1) is 0 Å². The first kappa shape index (κ1) is 17.9. The van der Waals surface area contributed by atoms with E-state index in [2.05, 4.69) is 15.3 Å². The molecule has 0 saturated carbocycles. The average molecular weight is 362 g/mol. The highest BCUT2D eigenvalue weighted by Gasteiger charge is 2.32. The van der Waals surface area contributed by atoms with Gasteiger partial charge >= 0.3 is 0 Å². The maximum absolute atomic E-state index is 12.9. The van der Waals surface area contributed by atoms with Crippen LogP contribution in [0.4, 0.5) is 0 Å². The van der Waals surface area contributed by atoms with Crippen LogP contribution in [0.2, 0.25) is 0 Å². The molecule has 2 saturated heterocycles. The topological polar surface area (TPSA) is 68.6 Å². The van der Waals surface area contributed by atoms with E-state index in [1.807, 2.05) is 16.9 Å². The van der Waals surface area contributed by atoms with Crippen LogP contribution in [0.5, 0.6) is 0 Å². The van der Waals surface area contributed by atoms with E-state index >= 15 is 0 Å². The molecule has 0 radical (unpaired) electrons. The van der Waals surface area contributed by atoms with E-state index in [1.54, 1.807) is 0 Å². The number of amides is 1. The maximum Gasteiger partial charge on any atom is 0.246 e. The van der Waals surface area contributed by atoms with Crippen molar-refractivity contribution in [3.8, 4) is 0 Å². The Bertz CT molecular complexity index is 593. The summed E-state index contributed by atoms with van der Waals surface area (Å²) in [4.78, 5) is 15.3. The van der Waals surface area contributed by atoms with Gasteiger partial charge < -0.3 is 14.8 Å². The minimum atomic E-state index is -0.228. The summed E-state index contributed by atoms with van der Waals surface area (Å²) in [5.41, 5.74) is 1.13. The molecule has 7 nitrogen and oxygen atoms in total. The summed E-state index contributed by atoms with van der Waals surface area (Å²) in [7, 11) is 0. The van der Waals surface area contributed by atoms with Crippen LogP contribution in [-0.4, -0.2) is 66.6 Å². The van der Waals surface area contributed by atoms with E-state index in [0.29, 0.717) is 11.8 Å². The number of carbonyl (C=O) groups excluding carboxylic acids is 1. The van der Waals surface area contributed by atoms with Crippen molar-refractivity contribution in [3.05, 3.63) is 18.0 Å². The number of carbonyl (C=O) groups is 1. The normalized spacial score (nSPS) is 25.8. The first-order valence-corrected chi connectivity index (χ1v) is 9.97. The molecule has 7 heteroatoms. The molecule has 1 amide bonds. The second-order valence-electron chi connectivity index (χ2n) is 7.83. The molecule has 0 bridgehead atoms. The van der Waals surface area contributed by atoms with Crippen LogP contribution in [0.15, 0.2) is 12.3 Å². The summed E-state index contributed by atoms with van der Waals surface area (Å²) in [5.74, 6) is 1.30. The lowest BCUT2D eigenvalue weighted by atomic mass is 9.98. The van der Waals surface area contributed by atoms with Crippen molar-refractivity contribution < 1.29 is 14.3 Å². The van der Waals surface area contributed by atoms with Gasteiger partial charge in [0.15, 0.2) is 0 Å². The molecular weight excluding hydrogens is 332 g/mol. The summed E-state index contributed by atoms with van der Waals surface area (Å²) in [5, 5.41) is 7.60. The standard InChI is InChI=1S/C19H30N4O3/c24-19(20-11-15-2-7-25-8-3-15)18-14-22(12-16-4-9-26-10-5-16)13-17-1-6-21-23(17)18/h1,6,15-16,18H,2-5,7-14H2,(H,20,24)/t18-/m0/s1. The molecule has 2 fully saturated rings. The van der Waals surface area contributed by atoms with Crippen LogP contribution < -0.4 is 5.32 Å². The Balaban J connectivity index is 1.36. The number of rotatable bonds is 5. The highest BCUT2D eigenvalue weighted by molar-refractivity contribution is 5.80. The Labute approximate surface area is 155 Å². The van der Waals surface area contributed by atoms with Gasteiger partial charge in [0.1, 0.15) is 6.04 Å². The number of aromatic nitrogens is 2. The lowest BCUT2D eigenvalue weighted by molar-refractivity contribution is -0.126. The Kier molecular flexibility index (Phi) is 5.87. The van der Waals surface area contributed by atoms with Gasteiger partial charge in [0.25, 0.3) is 0 Å². The van der Waals surface area contributed by atoms with Crippen molar-refractivity contribution in [2.24, 2.45) is 11.8 Å². The first-order valence-electron chi connectivity index (χ1n) is 9.97. The minimum Gasteiger partial charge on any atom is -0.381 e. The van der Waals surface area contributed by atoms with Crippen molar-refractivity contribution >= 4 is 5.91 Å². The molecule has 0 spiro atoms. The smallest absolute Gasteiger partial charge is 0.246 e. The van der Waals surface area contributed by atoms with E-state index in [-0.39, 0.29) is 11.9 Å². The Morgan fingerprint density at radius 2 is 1.81 bits per heavy atom. The van der Waals surface area contributed by atoms with Crippen molar-refractivity contribution in [2.75, 3.05) is 46.1 Å². The zero-order valence-corrected chi connectivity index (χ0v) is 15.4. The van der Waals surface area contributed by atoms with E-state index in [4.69, 9.17) is 9.47 Å². The average Bonchev–Trinajstić information content (AvgIpc) is 3.15. The lowest BCUT2D eigenvalue weighted by Gasteiger charge is -2.36. The second-order valence-corrected chi connectivity index (χ2v) is 7.83. The van der Waals surface area contributed by atoms with Crippen LogP contribution in [0.3, 0.4) is 0 Å². The second kappa shape index (κ2) is 8.50. The largest absolute Gasteiger partial charge is 0.381 e. The summed E-state index contributed by atoms with van der Waals surface area (Å²) in [6, 6.07) is 1.81. The number of hydrogen-bond acceptors (Lipinski definition) is 5. The van der Waals surface area contributed by atoms with Crippen LogP contribution in [0, 0.1) is 11.8 Å². The number of nitrogens with one attached hydrogen (secondary N) is 1. The monoisotopic (exact) mass is 362 g/mol. The number of nitrogens with zero attached hydrogens (tertiary/aromatic N) is 3. The van der Waals surface area contributed by atoms with Gasteiger partial charge in [-0.05, 0) is 43.6 Å². The predicted octanol–water partition coefficient (Wildman–Crippen LogP) is 1.21. The van der Waals surface area contributed by atoms with Crippen molar-refractivity contribution in [1.29, 1.82) is 0 Å². The van der Waals surface area contributed by atoms with Crippen molar-refractivity contribution in [1.82, 2.24) is 20.0 Å². The van der Waals surface area contributed by atoms with Gasteiger partial charge in [-0.3, -0.25) is 14.4 Å². The molecule has 4 heterocycles. The van der Waals surface area contributed by atoms with Crippen LogP contribution >= 0.6 is 0 Å². The third kappa shape index (κ3) is 4.27. The molecule has 3 aliphatic rings. The molecule has 1 aromatic heterocycles. The highest BCUT2D eigenvalue weighted by atomic mass is 16.5. The van der Waals surface area contributed by atoms with E-state index in [1.165, 1.54) is 0 Å². The van der Waals surface area contributed by atoms with Crippen molar-refractivity contribution in [2.45, 2.75) is 38.3 Å². The van der Waals surface area contributed by atoms with E-state index in [0.717, 1.165) is 84.0 Å². The fourth-order valence-corrected chi connectivity index (χ4v) is 4.30. The van der Waals surface area contributed by atoms with Crippen LogP contribution in [0.25, 0.3) is 0 Å². The van der Waals surface area contributed by atoms with Crippen LogP contribution in [-0.2, 0) is 20.8 Å². The molecule has 1 N–H and O–H groups in total. The van der Waals surface area contributed by atoms with Gasteiger partial charge in [-0.2, -0.15) is 5.10 Å². The van der Waals surface area contributed by atoms with Gasteiger partial charge in [0.05, 0.1) is 5.69 Å². The summed E-state index contributed by atoms with van der Waals surface area (Å²) in [6.07, 6.45) is 6.13. The molecule has 1 aromatic rings. The molecule has 26 heavy (non-hydrogen) atoms. The highest BCUT2D eigenvalue weighted by Crippen LogP contribution is 2.24. The van der Waals surface area contributed by atoms with Crippen molar-refractivity contribution in [3.63, 3.8) is 0 Å². The zero-order chi connectivity index (χ0) is 17.8.